The van der Waals surface area contributed by atoms with Crippen LogP contribution in [0.15, 0.2) is 83.9 Å². The lowest BCUT2D eigenvalue weighted by molar-refractivity contribution is -0.384. The van der Waals surface area contributed by atoms with E-state index in [1.807, 2.05) is 48.6 Å². The SMILES string of the molecule is CN1CCN=C(/C=C/c2ccccc2OCc2ccc([N+](=O)[O-])cc2)c2ccccc21. The zero-order valence-electron chi connectivity index (χ0n) is 17.3. The second-order valence-electron chi connectivity index (χ2n) is 7.29. The molecule has 0 aromatic heterocycles. The summed E-state index contributed by atoms with van der Waals surface area (Å²) in [6.45, 7) is 1.95. The minimum Gasteiger partial charge on any atom is -0.488 e. The van der Waals surface area contributed by atoms with E-state index in [1.165, 1.54) is 17.8 Å². The number of benzodiazepines with no additional fused rings is 1. The molecular formula is C25H23N3O3. The number of nitro groups is 1. The molecule has 0 aliphatic carbocycles. The van der Waals surface area contributed by atoms with Crippen molar-refractivity contribution in [3.8, 4) is 5.75 Å². The summed E-state index contributed by atoms with van der Waals surface area (Å²) in [5, 5.41) is 10.8. The van der Waals surface area contributed by atoms with Crippen LogP contribution in [0.5, 0.6) is 5.75 Å². The third-order valence-corrected chi connectivity index (χ3v) is 5.19. The van der Waals surface area contributed by atoms with E-state index in [9.17, 15) is 10.1 Å². The minimum absolute atomic E-state index is 0.0715. The Balaban J connectivity index is 1.52. The normalized spacial score (nSPS) is 13.5. The Morgan fingerprint density at radius 1 is 1.03 bits per heavy atom. The molecule has 4 rings (SSSR count). The van der Waals surface area contributed by atoms with Crippen molar-refractivity contribution in [1.82, 2.24) is 0 Å². The molecule has 0 spiro atoms. The molecule has 3 aromatic rings. The van der Waals surface area contributed by atoms with Gasteiger partial charge in [0.1, 0.15) is 12.4 Å². The molecule has 1 aliphatic heterocycles. The quantitative estimate of drug-likeness (QED) is 0.415. The van der Waals surface area contributed by atoms with Gasteiger partial charge in [0.15, 0.2) is 0 Å². The van der Waals surface area contributed by atoms with Crippen molar-refractivity contribution in [3.63, 3.8) is 0 Å². The van der Waals surface area contributed by atoms with Crippen molar-refractivity contribution >= 4 is 23.2 Å². The van der Waals surface area contributed by atoms with Gasteiger partial charge in [-0.1, -0.05) is 36.4 Å². The number of anilines is 1. The average Bonchev–Trinajstić information content (AvgIpc) is 2.96. The Morgan fingerprint density at radius 2 is 1.77 bits per heavy atom. The highest BCUT2D eigenvalue weighted by atomic mass is 16.6. The van der Waals surface area contributed by atoms with E-state index in [0.717, 1.165) is 41.2 Å². The number of hydrogen-bond acceptors (Lipinski definition) is 5. The van der Waals surface area contributed by atoms with Gasteiger partial charge >= 0.3 is 0 Å². The van der Waals surface area contributed by atoms with Crippen LogP contribution < -0.4 is 9.64 Å². The van der Waals surface area contributed by atoms with E-state index in [0.29, 0.717) is 6.61 Å². The Labute approximate surface area is 181 Å². The van der Waals surface area contributed by atoms with Gasteiger partial charge in [0, 0.05) is 42.5 Å². The number of allylic oxidation sites excluding steroid dienone is 1. The number of nitro benzene ring substituents is 1. The van der Waals surface area contributed by atoms with Crippen LogP contribution >= 0.6 is 0 Å². The second kappa shape index (κ2) is 9.26. The van der Waals surface area contributed by atoms with Crippen molar-refractivity contribution < 1.29 is 9.66 Å². The Hall–Kier alpha value is -3.93. The van der Waals surface area contributed by atoms with Crippen molar-refractivity contribution in [2.75, 3.05) is 25.0 Å². The smallest absolute Gasteiger partial charge is 0.269 e. The highest BCUT2D eigenvalue weighted by molar-refractivity contribution is 6.14. The van der Waals surface area contributed by atoms with E-state index >= 15 is 0 Å². The molecule has 1 heterocycles. The fraction of sp³-hybridized carbons (Fsp3) is 0.160. The van der Waals surface area contributed by atoms with Gasteiger partial charge < -0.3 is 9.64 Å². The van der Waals surface area contributed by atoms with E-state index in [2.05, 4.69) is 24.1 Å². The Kier molecular flexibility index (Phi) is 6.08. The molecule has 0 bridgehead atoms. The standard InChI is InChI=1S/C25H23N3O3/c1-27-17-16-26-23(22-7-3-4-8-24(22)27)15-12-20-6-2-5-9-25(20)31-18-19-10-13-21(14-11-19)28(29)30/h2-15H,16-18H2,1H3/b15-12+. The van der Waals surface area contributed by atoms with Gasteiger partial charge in [-0.3, -0.25) is 15.1 Å². The largest absolute Gasteiger partial charge is 0.488 e. The molecule has 6 nitrogen and oxygen atoms in total. The number of aliphatic imine (C=N–C) groups is 1. The van der Waals surface area contributed by atoms with Gasteiger partial charge in [-0.25, -0.2) is 0 Å². The number of hydrogen-bond donors (Lipinski definition) is 0. The molecule has 0 saturated carbocycles. The summed E-state index contributed by atoms with van der Waals surface area (Å²) < 4.78 is 6.01. The van der Waals surface area contributed by atoms with E-state index in [1.54, 1.807) is 12.1 Å². The molecule has 0 N–H and O–H groups in total. The molecular weight excluding hydrogens is 390 g/mol. The lowest BCUT2D eigenvalue weighted by Crippen LogP contribution is -2.20. The molecule has 0 radical (unpaired) electrons. The Bertz CT molecular complexity index is 1140. The molecule has 0 atom stereocenters. The van der Waals surface area contributed by atoms with Crippen LogP contribution in [0.2, 0.25) is 0 Å². The number of rotatable bonds is 6. The lowest BCUT2D eigenvalue weighted by Gasteiger charge is -2.18. The first-order valence-corrected chi connectivity index (χ1v) is 10.1. The first-order chi connectivity index (χ1) is 15.1. The van der Waals surface area contributed by atoms with E-state index < -0.39 is 4.92 Å². The molecule has 0 unspecified atom stereocenters. The first-order valence-electron chi connectivity index (χ1n) is 10.1. The highest BCUT2D eigenvalue weighted by Gasteiger charge is 2.14. The maximum absolute atomic E-state index is 10.8. The third kappa shape index (κ3) is 4.80. The monoisotopic (exact) mass is 413 g/mol. The second-order valence-corrected chi connectivity index (χ2v) is 7.29. The molecule has 0 fully saturated rings. The molecule has 0 saturated heterocycles. The number of benzene rings is 3. The van der Waals surface area contributed by atoms with Crippen LogP contribution in [0, 0.1) is 10.1 Å². The number of non-ortho nitro benzene ring substituents is 1. The number of nitrogens with zero attached hydrogens (tertiary/aromatic N) is 3. The van der Waals surface area contributed by atoms with Crippen LogP contribution in [0.4, 0.5) is 11.4 Å². The predicted molar refractivity (Wildman–Crippen MR) is 124 cm³/mol. The predicted octanol–water partition coefficient (Wildman–Crippen LogP) is 5.13. The highest BCUT2D eigenvalue weighted by Crippen LogP contribution is 2.25. The van der Waals surface area contributed by atoms with Crippen molar-refractivity contribution in [2.24, 2.45) is 4.99 Å². The summed E-state index contributed by atoms with van der Waals surface area (Å²) in [6, 6.07) is 22.5. The maximum Gasteiger partial charge on any atom is 0.269 e. The van der Waals surface area contributed by atoms with Gasteiger partial charge in [-0.15, -0.1) is 0 Å². The van der Waals surface area contributed by atoms with Gasteiger partial charge in [-0.05, 0) is 42.0 Å². The van der Waals surface area contributed by atoms with Crippen molar-refractivity contribution in [1.29, 1.82) is 0 Å². The van der Waals surface area contributed by atoms with Gasteiger partial charge in [0.2, 0.25) is 0 Å². The van der Waals surface area contributed by atoms with Crippen molar-refractivity contribution in [2.45, 2.75) is 6.61 Å². The van der Waals surface area contributed by atoms with Gasteiger partial charge in [-0.2, -0.15) is 0 Å². The van der Waals surface area contributed by atoms with Crippen LogP contribution in [0.1, 0.15) is 16.7 Å². The molecule has 3 aromatic carbocycles. The van der Waals surface area contributed by atoms with Crippen LogP contribution in [0.3, 0.4) is 0 Å². The zero-order chi connectivity index (χ0) is 21.6. The van der Waals surface area contributed by atoms with Gasteiger partial charge in [0.05, 0.1) is 17.2 Å². The fourth-order valence-electron chi connectivity index (χ4n) is 3.49. The fourth-order valence-corrected chi connectivity index (χ4v) is 3.49. The third-order valence-electron chi connectivity index (χ3n) is 5.19. The minimum atomic E-state index is -0.406. The Morgan fingerprint density at radius 3 is 2.58 bits per heavy atom. The summed E-state index contributed by atoms with van der Waals surface area (Å²) >= 11 is 0. The first kappa shape index (κ1) is 20.3. The lowest BCUT2D eigenvalue weighted by atomic mass is 10.1. The molecule has 1 aliphatic rings. The number of fused-ring (bicyclic) bond motifs is 1. The maximum atomic E-state index is 10.8. The van der Waals surface area contributed by atoms with Gasteiger partial charge in [0.25, 0.3) is 5.69 Å². The van der Waals surface area contributed by atoms with Crippen LogP contribution in [-0.2, 0) is 6.61 Å². The summed E-state index contributed by atoms with van der Waals surface area (Å²) in [5.74, 6) is 0.747. The van der Waals surface area contributed by atoms with Crippen LogP contribution in [-0.4, -0.2) is 30.8 Å². The molecule has 156 valence electrons. The average molecular weight is 413 g/mol. The van der Waals surface area contributed by atoms with E-state index in [-0.39, 0.29) is 5.69 Å². The zero-order valence-corrected chi connectivity index (χ0v) is 17.3. The van der Waals surface area contributed by atoms with E-state index in [4.69, 9.17) is 9.73 Å². The topological polar surface area (TPSA) is 68.0 Å². The number of para-hydroxylation sites is 2. The molecule has 31 heavy (non-hydrogen) atoms. The summed E-state index contributed by atoms with van der Waals surface area (Å²) in [6.07, 6.45) is 4.05. The summed E-state index contributed by atoms with van der Waals surface area (Å²) in [4.78, 5) is 17.4. The number of likely N-dealkylation sites (N-methyl/N-ethyl adjacent to an activating group) is 1. The number of ether oxygens (including phenoxy) is 1. The summed E-state index contributed by atoms with van der Waals surface area (Å²) in [5.41, 5.74) is 5.12. The summed E-state index contributed by atoms with van der Waals surface area (Å²) in [7, 11) is 2.09. The van der Waals surface area contributed by atoms with Crippen molar-refractivity contribution in [3.05, 3.63) is 106 Å². The van der Waals surface area contributed by atoms with Crippen LogP contribution in [0.25, 0.3) is 6.08 Å². The molecule has 0 amide bonds. The molecule has 6 heteroatoms.